The standard InChI is InChI=1S/C20H16ClN5O/c1-12-5-3-4-6-17(12)23-20(27)18-13(2)26-19(25-24-18)16(11-22-26)14-7-9-15(21)10-8-14/h3-11H,1-2H3,(H,23,27). The molecule has 0 atom stereocenters. The van der Waals surface area contributed by atoms with Crippen LogP contribution >= 0.6 is 11.6 Å². The maximum absolute atomic E-state index is 12.7. The van der Waals surface area contributed by atoms with Crippen LogP contribution in [-0.2, 0) is 0 Å². The number of aromatic nitrogens is 4. The van der Waals surface area contributed by atoms with E-state index in [1.54, 1.807) is 17.6 Å². The molecule has 7 heteroatoms. The van der Waals surface area contributed by atoms with E-state index < -0.39 is 0 Å². The molecule has 0 aliphatic rings. The van der Waals surface area contributed by atoms with Crippen molar-refractivity contribution in [3.05, 3.63) is 76.7 Å². The van der Waals surface area contributed by atoms with Crippen molar-refractivity contribution in [2.45, 2.75) is 13.8 Å². The number of benzene rings is 2. The zero-order chi connectivity index (χ0) is 19.0. The SMILES string of the molecule is Cc1ccccc1NC(=O)c1nnc2c(-c3ccc(Cl)cc3)cnn2c1C. The summed E-state index contributed by atoms with van der Waals surface area (Å²) in [5.41, 5.74) is 4.91. The first-order valence-electron chi connectivity index (χ1n) is 8.38. The topological polar surface area (TPSA) is 72.2 Å². The molecule has 0 spiro atoms. The Morgan fingerprint density at radius 1 is 1.04 bits per heavy atom. The smallest absolute Gasteiger partial charge is 0.278 e. The van der Waals surface area contributed by atoms with E-state index >= 15 is 0 Å². The first kappa shape index (κ1) is 17.2. The van der Waals surface area contributed by atoms with Crippen molar-refractivity contribution >= 4 is 28.8 Å². The highest BCUT2D eigenvalue weighted by molar-refractivity contribution is 6.30. The number of aryl methyl sites for hydroxylation is 2. The molecule has 134 valence electrons. The minimum atomic E-state index is -0.320. The van der Waals surface area contributed by atoms with Crippen LogP contribution < -0.4 is 5.32 Å². The van der Waals surface area contributed by atoms with Crippen molar-refractivity contribution in [2.24, 2.45) is 0 Å². The Balaban J connectivity index is 1.72. The van der Waals surface area contributed by atoms with Gasteiger partial charge in [0, 0.05) is 16.3 Å². The zero-order valence-corrected chi connectivity index (χ0v) is 15.5. The minimum Gasteiger partial charge on any atom is -0.320 e. The molecule has 27 heavy (non-hydrogen) atoms. The van der Waals surface area contributed by atoms with E-state index in [0.717, 1.165) is 22.4 Å². The highest BCUT2D eigenvalue weighted by Gasteiger charge is 2.18. The van der Waals surface area contributed by atoms with Crippen LogP contribution in [0.25, 0.3) is 16.8 Å². The normalized spacial score (nSPS) is 10.9. The molecule has 0 radical (unpaired) electrons. The Labute approximate surface area is 160 Å². The number of anilines is 1. The monoisotopic (exact) mass is 377 g/mol. The second-order valence-electron chi connectivity index (χ2n) is 6.20. The number of para-hydroxylation sites is 1. The number of nitrogens with zero attached hydrogens (tertiary/aromatic N) is 4. The molecular weight excluding hydrogens is 362 g/mol. The molecule has 6 nitrogen and oxygen atoms in total. The molecule has 1 N–H and O–H groups in total. The Morgan fingerprint density at radius 2 is 1.78 bits per heavy atom. The van der Waals surface area contributed by atoms with Gasteiger partial charge in [0.05, 0.1) is 11.9 Å². The van der Waals surface area contributed by atoms with Crippen LogP contribution in [0.1, 0.15) is 21.7 Å². The lowest BCUT2D eigenvalue weighted by atomic mass is 10.1. The second kappa shape index (κ2) is 6.81. The van der Waals surface area contributed by atoms with Gasteiger partial charge in [0.15, 0.2) is 11.3 Å². The van der Waals surface area contributed by atoms with Crippen LogP contribution in [0.2, 0.25) is 5.02 Å². The summed E-state index contributed by atoms with van der Waals surface area (Å²) in [7, 11) is 0. The summed E-state index contributed by atoms with van der Waals surface area (Å²) in [4.78, 5) is 12.7. The number of halogens is 1. The van der Waals surface area contributed by atoms with Crippen molar-refractivity contribution in [3.8, 4) is 11.1 Å². The molecule has 0 aliphatic carbocycles. The molecule has 2 heterocycles. The second-order valence-corrected chi connectivity index (χ2v) is 6.64. The van der Waals surface area contributed by atoms with Crippen LogP contribution in [0.15, 0.2) is 54.7 Å². The quantitative estimate of drug-likeness (QED) is 0.577. The van der Waals surface area contributed by atoms with Gasteiger partial charge in [-0.2, -0.15) is 5.10 Å². The Bertz CT molecular complexity index is 1150. The van der Waals surface area contributed by atoms with Crippen molar-refractivity contribution in [1.29, 1.82) is 0 Å². The fourth-order valence-electron chi connectivity index (χ4n) is 2.89. The summed E-state index contributed by atoms with van der Waals surface area (Å²) in [5, 5.41) is 16.3. The third-order valence-corrected chi connectivity index (χ3v) is 4.66. The highest BCUT2D eigenvalue weighted by Crippen LogP contribution is 2.25. The van der Waals surface area contributed by atoms with Gasteiger partial charge in [-0.1, -0.05) is 41.9 Å². The highest BCUT2D eigenvalue weighted by atomic mass is 35.5. The van der Waals surface area contributed by atoms with E-state index in [-0.39, 0.29) is 11.6 Å². The third-order valence-electron chi connectivity index (χ3n) is 4.41. The van der Waals surface area contributed by atoms with Crippen LogP contribution in [0.3, 0.4) is 0 Å². The third kappa shape index (κ3) is 3.15. The van der Waals surface area contributed by atoms with Gasteiger partial charge in [-0.15, -0.1) is 10.2 Å². The zero-order valence-electron chi connectivity index (χ0n) is 14.8. The van der Waals surface area contributed by atoms with Crippen molar-refractivity contribution in [1.82, 2.24) is 19.8 Å². The fourth-order valence-corrected chi connectivity index (χ4v) is 3.02. The number of rotatable bonds is 3. The first-order valence-corrected chi connectivity index (χ1v) is 8.76. The largest absolute Gasteiger partial charge is 0.320 e. The van der Waals surface area contributed by atoms with Crippen molar-refractivity contribution in [2.75, 3.05) is 5.32 Å². The summed E-state index contributed by atoms with van der Waals surface area (Å²) in [5.74, 6) is -0.320. The maximum Gasteiger partial charge on any atom is 0.278 e. The van der Waals surface area contributed by atoms with Crippen LogP contribution in [0.4, 0.5) is 5.69 Å². The molecule has 0 aliphatic heterocycles. The van der Waals surface area contributed by atoms with E-state index in [2.05, 4.69) is 20.6 Å². The minimum absolute atomic E-state index is 0.233. The lowest BCUT2D eigenvalue weighted by Gasteiger charge is -2.09. The number of hydrogen-bond donors (Lipinski definition) is 1. The molecule has 4 rings (SSSR count). The van der Waals surface area contributed by atoms with Gasteiger partial charge in [-0.25, -0.2) is 4.52 Å². The van der Waals surface area contributed by atoms with Gasteiger partial charge in [-0.05, 0) is 43.2 Å². The summed E-state index contributed by atoms with van der Waals surface area (Å²) in [6.07, 6.45) is 1.71. The fraction of sp³-hybridized carbons (Fsp3) is 0.100. The van der Waals surface area contributed by atoms with Gasteiger partial charge in [-0.3, -0.25) is 4.79 Å². The number of carbonyl (C=O) groups is 1. The average Bonchev–Trinajstić information content (AvgIpc) is 3.09. The number of nitrogens with one attached hydrogen (secondary N) is 1. The predicted molar refractivity (Wildman–Crippen MR) is 105 cm³/mol. The Kier molecular flexibility index (Phi) is 4.33. The van der Waals surface area contributed by atoms with E-state index in [0.29, 0.717) is 16.4 Å². The van der Waals surface area contributed by atoms with Gasteiger partial charge >= 0.3 is 0 Å². The Hall–Kier alpha value is -3.25. The summed E-state index contributed by atoms with van der Waals surface area (Å²) in [6, 6.07) is 15.0. The molecule has 4 aromatic rings. The van der Waals surface area contributed by atoms with Gasteiger partial charge in [0.2, 0.25) is 0 Å². The van der Waals surface area contributed by atoms with Gasteiger partial charge < -0.3 is 5.32 Å². The molecule has 0 unspecified atom stereocenters. The van der Waals surface area contributed by atoms with Crippen molar-refractivity contribution < 1.29 is 4.79 Å². The molecule has 0 fully saturated rings. The van der Waals surface area contributed by atoms with Crippen LogP contribution in [0, 0.1) is 13.8 Å². The lowest BCUT2D eigenvalue weighted by Crippen LogP contribution is -2.19. The average molecular weight is 378 g/mol. The van der Waals surface area contributed by atoms with Crippen LogP contribution in [0.5, 0.6) is 0 Å². The maximum atomic E-state index is 12.7. The molecule has 1 amide bonds. The molecule has 2 aromatic heterocycles. The number of hydrogen-bond acceptors (Lipinski definition) is 4. The summed E-state index contributed by atoms with van der Waals surface area (Å²) < 4.78 is 1.63. The predicted octanol–water partition coefficient (Wildman–Crippen LogP) is 4.31. The van der Waals surface area contributed by atoms with Gasteiger partial charge in [0.1, 0.15) is 0 Å². The number of fused-ring (bicyclic) bond motifs is 1. The molecule has 0 saturated carbocycles. The summed E-state index contributed by atoms with van der Waals surface area (Å²) >= 11 is 5.96. The molecule has 2 aromatic carbocycles. The lowest BCUT2D eigenvalue weighted by molar-refractivity contribution is 0.102. The van der Waals surface area contributed by atoms with E-state index in [1.807, 2.05) is 55.5 Å². The summed E-state index contributed by atoms with van der Waals surface area (Å²) in [6.45, 7) is 3.73. The number of amides is 1. The molecule has 0 saturated heterocycles. The first-order chi connectivity index (χ1) is 13.0. The van der Waals surface area contributed by atoms with Gasteiger partial charge in [0.25, 0.3) is 5.91 Å². The molecular formula is C20H16ClN5O. The van der Waals surface area contributed by atoms with E-state index in [9.17, 15) is 4.79 Å². The van der Waals surface area contributed by atoms with E-state index in [4.69, 9.17) is 11.6 Å². The van der Waals surface area contributed by atoms with E-state index in [1.165, 1.54) is 0 Å². The number of carbonyl (C=O) groups excluding carboxylic acids is 1. The van der Waals surface area contributed by atoms with Crippen LogP contribution in [-0.4, -0.2) is 25.7 Å². The Morgan fingerprint density at radius 3 is 2.52 bits per heavy atom. The van der Waals surface area contributed by atoms with Crippen molar-refractivity contribution in [3.63, 3.8) is 0 Å². The molecule has 0 bridgehead atoms.